The van der Waals surface area contributed by atoms with Crippen LogP contribution in [0.25, 0.3) is 0 Å². The molecule has 1 aromatic carbocycles. The third-order valence-electron chi connectivity index (χ3n) is 5.63. The van der Waals surface area contributed by atoms with Crippen LogP contribution in [-0.2, 0) is 40.0 Å². The minimum Gasteiger partial charge on any atom is -0.481 e. The van der Waals surface area contributed by atoms with Crippen molar-refractivity contribution in [1.29, 1.82) is 0 Å². The van der Waals surface area contributed by atoms with Crippen molar-refractivity contribution in [1.82, 2.24) is 21.3 Å². The number of hydrogen-bond acceptors (Lipinski definition) is 9. The second-order valence-corrected chi connectivity index (χ2v) is 9.96. The minimum absolute atomic E-state index is 0.0425. The van der Waals surface area contributed by atoms with Crippen LogP contribution in [0.5, 0.6) is 0 Å². The first-order valence-electron chi connectivity index (χ1n) is 12.5. The normalized spacial score (nSPS) is 13.5. The Kier molecular flexibility index (Phi) is 15.5. The second-order valence-electron chi connectivity index (χ2n) is 8.98. The largest absolute Gasteiger partial charge is 0.481 e. The lowest BCUT2D eigenvalue weighted by atomic mass is 10.0. The molecular weight excluding hydrogens is 560 g/mol. The van der Waals surface area contributed by atoms with Gasteiger partial charge in [-0.05, 0) is 30.4 Å². The van der Waals surface area contributed by atoms with E-state index in [0.717, 1.165) is 0 Å². The number of carbonyl (C=O) groups is 7. The first-order valence-corrected chi connectivity index (χ1v) is 13.9. The number of hydrogen-bond donors (Lipinski definition) is 8. The summed E-state index contributed by atoms with van der Waals surface area (Å²) in [5.41, 5.74) is 11.5. The van der Waals surface area contributed by atoms with E-state index in [2.05, 4.69) is 21.3 Å². The molecule has 0 saturated heterocycles. The lowest BCUT2D eigenvalue weighted by Crippen LogP contribution is -2.55. The molecule has 0 aromatic heterocycles. The zero-order chi connectivity index (χ0) is 30.9. The third kappa shape index (κ3) is 14.1. The van der Waals surface area contributed by atoms with Crippen molar-refractivity contribution in [2.45, 2.75) is 56.3 Å². The highest BCUT2D eigenvalue weighted by Gasteiger charge is 2.28. The Morgan fingerprint density at radius 2 is 1.49 bits per heavy atom. The standard InChI is InChI=1S/C25H36N6O9S/c1-41-10-9-16(24(38)31-18(25(39)40)12-19(27)32)29-20(33)13-28-23(37)17(11-14-5-3-2-4-6-14)30-22(36)15(26)7-8-21(34)35/h2-6,15-18H,7-13,26H2,1H3,(H2,27,32)(H,28,37)(H,29,33)(H,30,36)(H,31,38)(H,34,35)(H,39,40)/t15-,16-,17-,18-/m0/s1. The molecule has 0 aliphatic rings. The lowest BCUT2D eigenvalue weighted by Gasteiger charge is -2.22. The Hall–Kier alpha value is -4.18. The molecule has 15 nitrogen and oxygen atoms in total. The van der Waals surface area contributed by atoms with E-state index in [0.29, 0.717) is 11.3 Å². The number of carbonyl (C=O) groups excluding carboxylic acids is 5. The van der Waals surface area contributed by atoms with Crippen LogP contribution in [-0.4, -0.2) is 94.4 Å². The molecule has 16 heteroatoms. The van der Waals surface area contributed by atoms with Crippen molar-refractivity contribution >= 4 is 53.2 Å². The summed E-state index contributed by atoms with van der Waals surface area (Å²) in [6.07, 6.45) is 0.793. The molecule has 1 rings (SSSR count). The summed E-state index contributed by atoms with van der Waals surface area (Å²) < 4.78 is 0. The van der Waals surface area contributed by atoms with Crippen molar-refractivity contribution in [2.75, 3.05) is 18.6 Å². The van der Waals surface area contributed by atoms with Crippen LogP contribution in [0.2, 0.25) is 0 Å². The monoisotopic (exact) mass is 596 g/mol. The molecule has 1 aromatic rings. The second kappa shape index (κ2) is 18.2. The van der Waals surface area contributed by atoms with Gasteiger partial charge in [0.1, 0.15) is 18.1 Å². The van der Waals surface area contributed by atoms with Gasteiger partial charge in [0.15, 0.2) is 0 Å². The molecule has 5 amide bonds. The highest BCUT2D eigenvalue weighted by Crippen LogP contribution is 2.06. The highest BCUT2D eigenvalue weighted by molar-refractivity contribution is 7.98. The van der Waals surface area contributed by atoms with Gasteiger partial charge in [0, 0.05) is 12.8 Å². The van der Waals surface area contributed by atoms with Gasteiger partial charge in [-0.2, -0.15) is 11.8 Å². The first-order chi connectivity index (χ1) is 19.3. The van der Waals surface area contributed by atoms with Crippen molar-refractivity contribution in [3.05, 3.63) is 35.9 Å². The van der Waals surface area contributed by atoms with Crippen LogP contribution in [0.15, 0.2) is 30.3 Å². The number of rotatable bonds is 19. The van der Waals surface area contributed by atoms with Gasteiger partial charge in [-0.1, -0.05) is 30.3 Å². The molecular formula is C25H36N6O9S. The van der Waals surface area contributed by atoms with E-state index >= 15 is 0 Å². The number of thioether (sulfide) groups is 1. The SMILES string of the molecule is CSCC[C@H](NC(=O)CNC(=O)[C@H](Cc1ccccc1)NC(=O)[C@@H](N)CCC(=O)O)C(=O)N[C@@H](CC(N)=O)C(=O)O. The fourth-order valence-electron chi connectivity index (χ4n) is 3.46. The van der Waals surface area contributed by atoms with E-state index in [1.54, 1.807) is 36.6 Å². The first kappa shape index (κ1) is 34.8. The average molecular weight is 597 g/mol. The van der Waals surface area contributed by atoms with Crippen LogP contribution in [0, 0.1) is 0 Å². The summed E-state index contributed by atoms with van der Waals surface area (Å²) >= 11 is 1.37. The van der Waals surface area contributed by atoms with Gasteiger partial charge in [-0.3, -0.25) is 28.8 Å². The maximum absolute atomic E-state index is 13.0. The van der Waals surface area contributed by atoms with E-state index in [-0.39, 0.29) is 25.7 Å². The summed E-state index contributed by atoms with van der Waals surface area (Å²) in [6.45, 7) is -0.586. The lowest BCUT2D eigenvalue weighted by molar-refractivity contribution is -0.143. The van der Waals surface area contributed by atoms with Crippen LogP contribution < -0.4 is 32.7 Å². The maximum Gasteiger partial charge on any atom is 0.326 e. The smallest absolute Gasteiger partial charge is 0.326 e. The van der Waals surface area contributed by atoms with Crippen molar-refractivity contribution in [2.24, 2.45) is 11.5 Å². The molecule has 0 fully saturated rings. The molecule has 10 N–H and O–H groups in total. The van der Waals surface area contributed by atoms with Gasteiger partial charge in [0.25, 0.3) is 0 Å². The number of aliphatic carboxylic acids is 2. The Morgan fingerprint density at radius 1 is 0.854 bits per heavy atom. The van der Waals surface area contributed by atoms with Gasteiger partial charge in [-0.25, -0.2) is 4.79 Å². The van der Waals surface area contributed by atoms with Gasteiger partial charge in [0.05, 0.1) is 19.0 Å². The Balaban J connectivity index is 2.88. The van der Waals surface area contributed by atoms with E-state index in [1.165, 1.54) is 11.8 Å². The molecule has 0 saturated carbocycles. The van der Waals surface area contributed by atoms with E-state index in [4.69, 9.17) is 16.6 Å². The Bertz CT molecular complexity index is 1090. The van der Waals surface area contributed by atoms with Crippen molar-refractivity contribution in [3.8, 4) is 0 Å². The number of benzene rings is 1. The number of primary amides is 1. The predicted molar refractivity (Wildman–Crippen MR) is 148 cm³/mol. The quantitative estimate of drug-likeness (QED) is 0.0842. The van der Waals surface area contributed by atoms with Crippen LogP contribution in [0.1, 0.15) is 31.2 Å². The number of nitrogens with one attached hydrogen (secondary N) is 4. The summed E-state index contributed by atoms with van der Waals surface area (Å²) in [5, 5.41) is 27.5. The molecule has 0 bridgehead atoms. The number of carboxylic acid groups (broad SMARTS) is 2. The van der Waals surface area contributed by atoms with Crippen molar-refractivity contribution in [3.63, 3.8) is 0 Å². The molecule has 0 unspecified atom stereocenters. The van der Waals surface area contributed by atoms with Crippen molar-refractivity contribution < 1.29 is 43.8 Å². The summed E-state index contributed by atoms with van der Waals surface area (Å²) in [5.74, 6) is -6.23. The zero-order valence-electron chi connectivity index (χ0n) is 22.5. The fraction of sp³-hybridized carbons (Fsp3) is 0.480. The number of nitrogens with two attached hydrogens (primary N) is 2. The predicted octanol–water partition coefficient (Wildman–Crippen LogP) is -2.30. The third-order valence-corrected chi connectivity index (χ3v) is 6.27. The fourth-order valence-corrected chi connectivity index (χ4v) is 3.93. The summed E-state index contributed by atoms with van der Waals surface area (Å²) in [7, 11) is 0. The zero-order valence-corrected chi connectivity index (χ0v) is 23.3. The Morgan fingerprint density at radius 3 is 2.05 bits per heavy atom. The molecule has 41 heavy (non-hydrogen) atoms. The number of amides is 5. The van der Waals surface area contributed by atoms with Gasteiger partial charge in [-0.15, -0.1) is 0 Å². The Labute approximate surface area is 240 Å². The minimum atomic E-state index is -1.59. The van der Waals surface area contributed by atoms with Gasteiger partial charge < -0.3 is 42.9 Å². The molecule has 0 aliphatic carbocycles. The van der Waals surface area contributed by atoms with Crippen LogP contribution >= 0.6 is 11.8 Å². The molecule has 226 valence electrons. The average Bonchev–Trinajstić information content (AvgIpc) is 2.91. The molecule has 4 atom stereocenters. The number of carboxylic acids is 2. The maximum atomic E-state index is 13.0. The summed E-state index contributed by atoms with van der Waals surface area (Å²) in [6, 6.07) is 3.58. The molecule has 0 spiro atoms. The van der Waals surface area contributed by atoms with Gasteiger partial charge >= 0.3 is 11.9 Å². The van der Waals surface area contributed by atoms with Gasteiger partial charge in [0.2, 0.25) is 29.5 Å². The highest BCUT2D eigenvalue weighted by atomic mass is 32.2. The van der Waals surface area contributed by atoms with Crippen LogP contribution in [0.4, 0.5) is 0 Å². The van der Waals surface area contributed by atoms with E-state index in [1.807, 2.05) is 0 Å². The molecule has 0 aliphatic heterocycles. The summed E-state index contributed by atoms with van der Waals surface area (Å²) in [4.78, 5) is 84.1. The van der Waals surface area contributed by atoms with E-state index < -0.39 is 78.6 Å². The molecule has 0 radical (unpaired) electrons. The van der Waals surface area contributed by atoms with E-state index in [9.17, 15) is 38.7 Å². The van der Waals surface area contributed by atoms with Crippen LogP contribution in [0.3, 0.4) is 0 Å². The molecule has 0 heterocycles. The topological polar surface area (TPSA) is 260 Å².